The summed E-state index contributed by atoms with van der Waals surface area (Å²) >= 11 is 1.13. The Labute approximate surface area is 153 Å². The number of carboxylic acids is 1. The zero-order valence-corrected chi connectivity index (χ0v) is 15.4. The van der Waals surface area contributed by atoms with E-state index >= 15 is 0 Å². The van der Waals surface area contributed by atoms with E-state index in [-0.39, 0.29) is 12.5 Å². The molecule has 0 fully saturated rings. The zero-order valence-electron chi connectivity index (χ0n) is 14.5. The third-order valence-electron chi connectivity index (χ3n) is 2.72. The fourth-order valence-electron chi connectivity index (χ4n) is 1.42. The second kappa shape index (κ2) is 11.3. The number of primary amides is 1. The number of aliphatic hydroxyl groups excluding tert-OH is 2. The molecule has 26 heavy (non-hydrogen) atoms. The summed E-state index contributed by atoms with van der Waals surface area (Å²) in [4.78, 5) is 31.6. The molecule has 0 aliphatic rings. The van der Waals surface area contributed by atoms with Gasteiger partial charge in [-0.25, -0.2) is 9.59 Å². The molecule has 148 valence electrons. The first-order valence-electron chi connectivity index (χ1n) is 7.42. The molecule has 0 saturated carbocycles. The van der Waals surface area contributed by atoms with E-state index < -0.39 is 36.3 Å². The number of amides is 3. The van der Waals surface area contributed by atoms with Gasteiger partial charge in [-0.05, 0) is 13.8 Å². The molecule has 0 aliphatic carbocycles. The van der Waals surface area contributed by atoms with Crippen molar-refractivity contribution in [3.8, 4) is 0 Å². The van der Waals surface area contributed by atoms with Crippen LogP contribution in [0.15, 0.2) is 0 Å². The smallest absolute Gasteiger partial charge is 0.328 e. The van der Waals surface area contributed by atoms with Gasteiger partial charge in [0.2, 0.25) is 5.91 Å². The average Bonchev–Trinajstić information content (AvgIpc) is 2.97. The van der Waals surface area contributed by atoms with Crippen LogP contribution in [0.2, 0.25) is 0 Å². The first-order valence-corrected chi connectivity index (χ1v) is 8.24. The van der Waals surface area contributed by atoms with Crippen LogP contribution in [0.25, 0.3) is 0 Å². The van der Waals surface area contributed by atoms with Crippen LogP contribution in [0.3, 0.4) is 0 Å². The van der Waals surface area contributed by atoms with Crippen LogP contribution in [-0.2, 0) is 16.1 Å². The lowest BCUT2D eigenvalue weighted by atomic mass is 10.2. The molecule has 3 amide bonds. The van der Waals surface area contributed by atoms with Gasteiger partial charge in [-0.15, -0.1) is 10.2 Å². The third-order valence-corrected chi connectivity index (χ3v) is 3.75. The summed E-state index contributed by atoms with van der Waals surface area (Å²) in [5, 5.41) is 40.5. The highest BCUT2D eigenvalue weighted by Gasteiger charge is 2.25. The van der Waals surface area contributed by atoms with Crippen LogP contribution in [0, 0.1) is 0 Å². The third kappa shape index (κ3) is 9.22. The minimum absolute atomic E-state index is 0.0160. The van der Waals surface area contributed by atoms with Crippen molar-refractivity contribution in [1.82, 2.24) is 20.8 Å². The molecule has 4 unspecified atom stereocenters. The van der Waals surface area contributed by atoms with E-state index in [1.807, 2.05) is 0 Å². The second-order valence-corrected chi connectivity index (χ2v) is 6.39. The van der Waals surface area contributed by atoms with Gasteiger partial charge in [-0.3, -0.25) is 4.79 Å². The quantitative estimate of drug-likeness (QED) is 0.274. The maximum Gasteiger partial charge on any atom is 0.328 e. The number of carbonyl (C=O) groups excluding carboxylic acids is 2. The highest BCUT2D eigenvalue weighted by atomic mass is 32.1. The summed E-state index contributed by atoms with van der Waals surface area (Å²) in [5.74, 6) is -1.67. The number of nitrogens with zero attached hydrogens (tertiary/aromatic N) is 2. The second-order valence-electron chi connectivity index (χ2n) is 5.29. The number of carboxylic acid groups (broad SMARTS) is 1. The van der Waals surface area contributed by atoms with Gasteiger partial charge in [0.25, 0.3) is 0 Å². The molecule has 4 atom stereocenters. The maximum atomic E-state index is 11.6. The number of aliphatic carboxylic acids is 1. The number of carbonyl (C=O) groups is 3. The molecule has 9 N–H and O–H groups in total. The van der Waals surface area contributed by atoms with E-state index in [9.17, 15) is 24.6 Å². The van der Waals surface area contributed by atoms with Gasteiger partial charge in [-0.2, -0.15) is 0 Å². The lowest BCUT2D eigenvalue weighted by Gasteiger charge is -2.17. The van der Waals surface area contributed by atoms with Gasteiger partial charge in [0.1, 0.15) is 10.0 Å². The molecule has 0 radical (unpaired) electrons. The number of hydrogen-bond donors (Lipinski definition) is 7. The Hall–Kier alpha value is -2.35. The Morgan fingerprint density at radius 3 is 2.15 bits per heavy atom. The largest absolute Gasteiger partial charge is 0.480 e. The molecular formula is C13H24N6O6S. The van der Waals surface area contributed by atoms with Crippen LogP contribution in [0.4, 0.5) is 4.79 Å². The molecule has 1 rings (SSSR count). The summed E-state index contributed by atoms with van der Waals surface area (Å²) in [6, 6.07) is -2.83. The number of nitrogens with one attached hydrogen (secondary N) is 2. The maximum absolute atomic E-state index is 11.6. The Kier molecular flexibility index (Phi) is 10.3. The Morgan fingerprint density at radius 2 is 1.73 bits per heavy atom. The molecular weight excluding hydrogens is 368 g/mol. The number of rotatable bonds is 7. The number of hydrogen-bond acceptors (Lipinski definition) is 9. The van der Waals surface area contributed by atoms with E-state index in [4.69, 9.17) is 10.8 Å². The molecule has 0 aliphatic heterocycles. The van der Waals surface area contributed by atoms with Crippen LogP contribution in [0.5, 0.6) is 0 Å². The highest BCUT2D eigenvalue weighted by Crippen LogP contribution is 2.18. The van der Waals surface area contributed by atoms with Crippen molar-refractivity contribution < 1.29 is 29.7 Å². The van der Waals surface area contributed by atoms with Crippen molar-refractivity contribution >= 4 is 29.2 Å². The van der Waals surface area contributed by atoms with Crippen LogP contribution in [-0.4, -0.2) is 61.7 Å². The topological polar surface area (TPSA) is 214 Å². The van der Waals surface area contributed by atoms with E-state index in [0.29, 0.717) is 10.0 Å². The highest BCUT2D eigenvalue weighted by molar-refractivity contribution is 7.11. The first-order chi connectivity index (χ1) is 12.0. The van der Waals surface area contributed by atoms with Gasteiger partial charge in [0.05, 0.1) is 24.8 Å². The normalized spacial score (nSPS) is 14.8. The van der Waals surface area contributed by atoms with Gasteiger partial charge >= 0.3 is 12.0 Å². The summed E-state index contributed by atoms with van der Waals surface area (Å²) in [5.41, 5.74) is 10.2. The molecule has 0 aromatic carbocycles. The van der Waals surface area contributed by atoms with E-state index in [1.165, 1.54) is 20.8 Å². The number of nitrogens with two attached hydrogens (primary N) is 2. The molecule has 13 heteroatoms. The van der Waals surface area contributed by atoms with Crippen molar-refractivity contribution in [3.05, 3.63) is 10.0 Å². The Morgan fingerprint density at radius 1 is 1.19 bits per heavy atom. The van der Waals surface area contributed by atoms with Gasteiger partial charge < -0.3 is 37.4 Å². The minimum atomic E-state index is -1.41. The summed E-state index contributed by atoms with van der Waals surface area (Å²) < 4.78 is 0. The fraction of sp³-hybridized carbons (Fsp3) is 0.615. The predicted molar refractivity (Wildman–Crippen MR) is 91.9 cm³/mol. The summed E-state index contributed by atoms with van der Waals surface area (Å²) in [7, 11) is 0. The van der Waals surface area contributed by atoms with Crippen LogP contribution < -0.4 is 22.1 Å². The van der Waals surface area contributed by atoms with Crippen molar-refractivity contribution in [2.45, 2.75) is 51.6 Å². The van der Waals surface area contributed by atoms with Gasteiger partial charge in [-0.1, -0.05) is 11.3 Å². The van der Waals surface area contributed by atoms with Gasteiger partial charge in [0.15, 0.2) is 6.04 Å². The first kappa shape index (κ1) is 23.6. The molecule has 1 aromatic rings. The summed E-state index contributed by atoms with van der Waals surface area (Å²) in [6.07, 6.45) is -2.01. The average molecular weight is 392 g/mol. The minimum Gasteiger partial charge on any atom is -0.480 e. The van der Waals surface area contributed by atoms with E-state index in [2.05, 4.69) is 26.6 Å². The summed E-state index contributed by atoms with van der Waals surface area (Å²) in [6.45, 7) is 4.11. The van der Waals surface area contributed by atoms with Crippen LogP contribution >= 0.6 is 11.3 Å². The number of aliphatic hydroxyl groups is 2. The molecule has 12 nitrogen and oxygen atoms in total. The lowest BCUT2D eigenvalue weighted by molar-refractivity contribution is -0.141. The SMILES string of the molecule is CC(N)=O.CC(O)C(NC(=O)NCc1nnc(C(N)C(C)O)s1)C(=O)O. The fourth-order valence-corrected chi connectivity index (χ4v) is 2.30. The van der Waals surface area contributed by atoms with Crippen molar-refractivity contribution in [2.24, 2.45) is 11.5 Å². The number of urea groups is 1. The van der Waals surface area contributed by atoms with Crippen LogP contribution in [0.1, 0.15) is 36.8 Å². The van der Waals surface area contributed by atoms with Crippen molar-refractivity contribution in [1.29, 1.82) is 0 Å². The Bertz CT molecular complexity index is 604. The molecule has 0 spiro atoms. The predicted octanol–water partition coefficient (Wildman–Crippen LogP) is -1.96. The zero-order chi connectivity index (χ0) is 20.4. The Balaban J connectivity index is 0.00000141. The lowest BCUT2D eigenvalue weighted by Crippen LogP contribution is -2.50. The molecule has 0 saturated heterocycles. The molecule has 0 bridgehead atoms. The monoisotopic (exact) mass is 392 g/mol. The molecule has 1 aromatic heterocycles. The standard InChI is InChI=1S/C11H19N5O5S.C2H5NO/c1-4(17)7(12)9-16-15-6(22-9)3-13-11(21)14-8(5(2)18)10(19)20;1-2(3)4/h4-5,7-8,17-18H,3,12H2,1-2H3,(H,19,20)(H2,13,14,21);1H3,(H2,3,4). The number of aromatic nitrogens is 2. The van der Waals surface area contributed by atoms with Crippen molar-refractivity contribution in [3.63, 3.8) is 0 Å². The van der Waals surface area contributed by atoms with E-state index in [1.54, 1.807) is 0 Å². The van der Waals surface area contributed by atoms with Gasteiger partial charge in [0, 0.05) is 6.92 Å². The molecule has 1 heterocycles. The van der Waals surface area contributed by atoms with E-state index in [0.717, 1.165) is 11.3 Å². The van der Waals surface area contributed by atoms with Crippen molar-refractivity contribution in [2.75, 3.05) is 0 Å².